The summed E-state index contributed by atoms with van der Waals surface area (Å²) in [5.74, 6) is 0. The molecule has 4 heteroatoms. The molecule has 0 radical (unpaired) electrons. The Hall–Kier alpha value is -1.94. The number of rotatable bonds is 3. The first kappa shape index (κ1) is 13.1. The van der Waals surface area contributed by atoms with E-state index in [0.717, 1.165) is 18.7 Å². The van der Waals surface area contributed by atoms with Crippen molar-refractivity contribution in [2.75, 3.05) is 18.0 Å². The first-order valence-electron chi connectivity index (χ1n) is 7.20. The molecule has 2 N–H and O–H groups in total. The van der Waals surface area contributed by atoms with Crippen molar-refractivity contribution in [3.63, 3.8) is 0 Å². The Morgan fingerprint density at radius 3 is 2.90 bits per heavy atom. The van der Waals surface area contributed by atoms with Gasteiger partial charge in [-0.1, -0.05) is 18.2 Å². The lowest BCUT2D eigenvalue weighted by molar-refractivity contribution is 0.597. The number of hydrogen-bond donors (Lipinski definition) is 1. The summed E-state index contributed by atoms with van der Waals surface area (Å²) < 4.78 is 0. The van der Waals surface area contributed by atoms with Crippen molar-refractivity contribution >= 4 is 5.69 Å². The van der Waals surface area contributed by atoms with Crippen LogP contribution < -0.4 is 10.6 Å². The molecule has 2 aromatic rings. The number of aryl methyl sites for hydroxylation is 1. The van der Waals surface area contributed by atoms with Crippen molar-refractivity contribution in [3.8, 4) is 0 Å². The maximum Gasteiger partial charge on any atom is 0.115 e. The van der Waals surface area contributed by atoms with Crippen LogP contribution in [0.15, 0.2) is 42.9 Å². The maximum atomic E-state index is 6.04. The summed E-state index contributed by atoms with van der Waals surface area (Å²) in [6, 6.07) is 10.7. The molecular formula is C16H20N4. The van der Waals surface area contributed by atoms with Crippen LogP contribution in [0.2, 0.25) is 0 Å². The molecule has 1 aliphatic heterocycles. The zero-order chi connectivity index (χ0) is 13.8. The van der Waals surface area contributed by atoms with Gasteiger partial charge in [0.1, 0.15) is 6.33 Å². The summed E-state index contributed by atoms with van der Waals surface area (Å²) in [6.07, 6.45) is 6.95. The van der Waals surface area contributed by atoms with Crippen LogP contribution in [0.25, 0.3) is 0 Å². The van der Waals surface area contributed by atoms with Gasteiger partial charge in [-0.3, -0.25) is 0 Å². The molecule has 0 saturated heterocycles. The normalized spacial score (nSPS) is 16.4. The molecule has 2 heterocycles. The summed E-state index contributed by atoms with van der Waals surface area (Å²) >= 11 is 0. The van der Waals surface area contributed by atoms with E-state index in [4.69, 9.17) is 5.73 Å². The highest BCUT2D eigenvalue weighted by Gasteiger charge is 2.23. The molecule has 1 unspecified atom stereocenters. The SMILES string of the molecule is NCC(c1ccncn1)N1CCCCc2ccccc21. The highest BCUT2D eigenvalue weighted by atomic mass is 15.2. The lowest BCUT2D eigenvalue weighted by atomic mass is 10.1. The van der Waals surface area contributed by atoms with Crippen LogP contribution in [-0.4, -0.2) is 23.1 Å². The van der Waals surface area contributed by atoms with Crippen LogP contribution in [0, 0.1) is 0 Å². The Labute approximate surface area is 119 Å². The first-order valence-corrected chi connectivity index (χ1v) is 7.20. The zero-order valence-electron chi connectivity index (χ0n) is 11.6. The minimum Gasteiger partial charge on any atom is -0.361 e. The number of fused-ring (bicyclic) bond motifs is 1. The molecule has 1 atom stereocenters. The second-order valence-corrected chi connectivity index (χ2v) is 5.16. The number of benzene rings is 1. The van der Waals surface area contributed by atoms with Crippen molar-refractivity contribution in [1.82, 2.24) is 9.97 Å². The molecular weight excluding hydrogens is 248 g/mol. The topological polar surface area (TPSA) is 55.0 Å². The lowest BCUT2D eigenvalue weighted by Crippen LogP contribution is -2.35. The van der Waals surface area contributed by atoms with Gasteiger partial charge in [0.15, 0.2) is 0 Å². The van der Waals surface area contributed by atoms with E-state index in [-0.39, 0.29) is 6.04 Å². The van der Waals surface area contributed by atoms with E-state index >= 15 is 0 Å². The fourth-order valence-electron chi connectivity index (χ4n) is 2.95. The second-order valence-electron chi connectivity index (χ2n) is 5.16. The maximum absolute atomic E-state index is 6.04. The molecule has 3 rings (SSSR count). The molecule has 104 valence electrons. The Balaban J connectivity index is 1.99. The molecule has 0 spiro atoms. The third-order valence-electron chi connectivity index (χ3n) is 3.94. The Morgan fingerprint density at radius 1 is 1.20 bits per heavy atom. The van der Waals surface area contributed by atoms with Gasteiger partial charge in [0, 0.05) is 25.0 Å². The summed E-state index contributed by atoms with van der Waals surface area (Å²) in [7, 11) is 0. The van der Waals surface area contributed by atoms with Crippen LogP contribution in [0.5, 0.6) is 0 Å². The summed E-state index contributed by atoms with van der Waals surface area (Å²) in [6.45, 7) is 1.59. The molecule has 0 bridgehead atoms. The van der Waals surface area contributed by atoms with Crippen molar-refractivity contribution in [2.24, 2.45) is 5.73 Å². The smallest absolute Gasteiger partial charge is 0.115 e. The third kappa shape index (κ3) is 2.51. The number of hydrogen-bond acceptors (Lipinski definition) is 4. The molecule has 0 aliphatic carbocycles. The number of nitrogens with two attached hydrogens (primary N) is 1. The number of anilines is 1. The van der Waals surface area contributed by atoms with Crippen molar-refractivity contribution in [2.45, 2.75) is 25.3 Å². The standard InChI is InChI=1S/C16H20N4/c17-11-16(14-8-9-18-12-19-14)20-10-4-3-6-13-5-1-2-7-15(13)20/h1-2,5,7-9,12,16H,3-4,6,10-11,17H2. The summed E-state index contributed by atoms with van der Waals surface area (Å²) in [5.41, 5.74) is 9.76. The molecule has 1 aliphatic rings. The number of aromatic nitrogens is 2. The van der Waals surface area contributed by atoms with E-state index < -0.39 is 0 Å². The van der Waals surface area contributed by atoms with Crippen molar-refractivity contribution < 1.29 is 0 Å². The Morgan fingerprint density at radius 2 is 2.10 bits per heavy atom. The zero-order valence-corrected chi connectivity index (χ0v) is 11.6. The monoisotopic (exact) mass is 268 g/mol. The minimum absolute atomic E-state index is 0.122. The minimum atomic E-state index is 0.122. The molecule has 0 saturated carbocycles. The van der Waals surface area contributed by atoms with Crippen LogP contribution in [0.1, 0.15) is 30.1 Å². The predicted octanol–water partition coefficient (Wildman–Crippen LogP) is 2.32. The number of nitrogens with zero attached hydrogens (tertiary/aromatic N) is 3. The fourth-order valence-corrected chi connectivity index (χ4v) is 2.95. The largest absolute Gasteiger partial charge is 0.361 e. The predicted molar refractivity (Wildman–Crippen MR) is 80.6 cm³/mol. The van der Waals surface area contributed by atoms with E-state index in [1.807, 2.05) is 6.07 Å². The van der Waals surface area contributed by atoms with Gasteiger partial charge >= 0.3 is 0 Å². The third-order valence-corrected chi connectivity index (χ3v) is 3.94. The molecule has 0 fully saturated rings. The van der Waals surface area contributed by atoms with E-state index in [1.54, 1.807) is 12.5 Å². The Kier molecular flexibility index (Phi) is 3.92. The van der Waals surface area contributed by atoms with Crippen LogP contribution in [-0.2, 0) is 6.42 Å². The van der Waals surface area contributed by atoms with Crippen molar-refractivity contribution in [1.29, 1.82) is 0 Å². The Bertz CT molecular complexity index is 555. The second kappa shape index (κ2) is 6.01. The molecule has 1 aromatic heterocycles. The van der Waals surface area contributed by atoms with Gasteiger partial charge in [-0.25, -0.2) is 9.97 Å². The van der Waals surface area contributed by atoms with E-state index in [2.05, 4.69) is 39.1 Å². The average molecular weight is 268 g/mol. The molecule has 0 amide bonds. The van der Waals surface area contributed by atoms with Crippen LogP contribution in [0.4, 0.5) is 5.69 Å². The molecule has 1 aromatic carbocycles. The van der Waals surface area contributed by atoms with Gasteiger partial charge in [-0.15, -0.1) is 0 Å². The molecule has 4 nitrogen and oxygen atoms in total. The van der Waals surface area contributed by atoms with Gasteiger partial charge in [-0.05, 0) is 37.0 Å². The quantitative estimate of drug-likeness (QED) is 0.928. The van der Waals surface area contributed by atoms with E-state index in [9.17, 15) is 0 Å². The fraction of sp³-hybridized carbons (Fsp3) is 0.375. The van der Waals surface area contributed by atoms with Crippen LogP contribution >= 0.6 is 0 Å². The molecule has 20 heavy (non-hydrogen) atoms. The van der Waals surface area contributed by atoms with Gasteiger partial charge < -0.3 is 10.6 Å². The average Bonchev–Trinajstić information content (AvgIpc) is 2.72. The van der Waals surface area contributed by atoms with E-state index in [0.29, 0.717) is 6.54 Å². The van der Waals surface area contributed by atoms with Gasteiger partial charge in [0.05, 0.1) is 11.7 Å². The highest BCUT2D eigenvalue weighted by Crippen LogP contribution is 2.32. The van der Waals surface area contributed by atoms with Gasteiger partial charge in [0.2, 0.25) is 0 Å². The highest BCUT2D eigenvalue weighted by molar-refractivity contribution is 5.56. The van der Waals surface area contributed by atoms with Gasteiger partial charge in [-0.2, -0.15) is 0 Å². The van der Waals surface area contributed by atoms with Crippen molar-refractivity contribution in [3.05, 3.63) is 54.1 Å². The summed E-state index contributed by atoms with van der Waals surface area (Å²) in [4.78, 5) is 10.8. The van der Waals surface area contributed by atoms with Gasteiger partial charge in [0.25, 0.3) is 0 Å². The first-order chi connectivity index (χ1) is 9.90. The summed E-state index contributed by atoms with van der Waals surface area (Å²) in [5, 5.41) is 0. The van der Waals surface area contributed by atoms with Crippen LogP contribution in [0.3, 0.4) is 0 Å². The number of para-hydroxylation sites is 1. The van der Waals surface area contributed by atoms with E-state index in [1.165, 1.54) is 24.1 Å². The lowest BCUT2D eigenvalue weighted by Gasteiger charge is -2.32.